The van der Waals surface area contributed by atoms with Gasteiger partial charge in [-0.15, -0.1) is 0 Å². The van der Waals surface area contributed by atoms with Gasteiger partial charge in [0.1, 0.15) is 0 Å². The zero-order valence-corrected chi connectivity index (χ0v) is 11.5. The third-order valence-electron chi connectivity index (χ3n) is 3.08. The summed E-state index contributed by atoms with van der Waals surface area (Å²) in [6, 6.07) is -0.715. The number of ether oxygens (including phenoxy) is 1. The minimum Gasteiger partial charge on any atom is -0.469 e. The van der Waals surface area contributed by atoms with E-state index >= 15 is 0 Å². The minimum atomic E-state index is -3.61. The maximum Gasteiger partial charge on any atom is 0.312 e. The van der Waals surface area contributed by atoms with Gasteiger partial charge in [-0.2, -0.15) is 0 Å². The van der Waals surface area contributed by atoms with E-state index in [2.05, 4.69) is 14.8 Å². The van der Waals surface area contributed by atoms with Gasteiger partial charge >= 0.3 is 12.0 Å². The smallest absolute Gasteiger partial charge is 0.312 e. The summed E-state index contributed by atoms with van der Waals surface area (Å²) in [5.74, 6) is -1.12. The molecule has 0 bridgehead atoms. The Labute approximate surface area is 112 Å². The molecule has 2 unspecified atom stereocenters. The zero-order chi connectivity index (χ0) is 14.5. The van der Waals surface area contributed by atoms with E-state index in [1.54, 1.807) is 0 Å². The van der Waals surface area contributed by atoms with Crippen LogP contribution < -0.4 is 15.8 Å². The van der Waals surface area contributed by atoms with Crippen LogP contribution in [-0.4, -0.2) is 45.9 Å². The summed E-state index contributed by atoms with van der Waals surface area (Å²) in [6.45, 7) is 0.139. The van der Waals surface area contributed by atoms with E-state index in [1.165, 1.54) is 7.11 Å². The highest BCUT2D eigenvalue weighted by Crippen LogP contribution is 2.31. The number of nitrogens with one attached hydrogen (secondary N) is 2. The Morgan fingerprint density at radius 3 is 2.58 bits per heavy atom. The Morgan fingerprint density at radius 1 is 1.32 bits per heavy atom. The van der Waals surface area contributed by atoms with Crippen LogP contribution in [0.4, 0.5) is 4.79 Å². The molecule has 0 heterocycles. The zero-order valence-electron chi connectivity index (χ0n) is 10.7. The van der Waals surface area contributed by atoms with Gasteiger partial charge in [-0.05, 0) is 12.8 Å². The van der Waals surface area contributed by atoms with Crippen molar-refractivity contribution < 1.29 is 22.7 Å². The lowest BCUT2D eigenvalue weighted by Crippen LogP contribution is -2.43. The fourth-order valence-electron chi connectivity index (χ4n) is 2.20. The van der Waals surface area contributed by atoms with Gasteiger partial charge in [0.05, 0.1) is 18.3 Å². The molecule has 0 spiro atoms. The van der Waals surface area contributed by atoms with Crippen molar-refractivity contribution in [3.8, 4) is 0 Å². The van der Waals surface area contributed by atoms with Crippen LogP contribution in [0.15, 0.2) is 0 Å². The molecule has 8 nitrogen and oxygen atoms in total. The summed E-state index contributed by atoms with van der Waals surface area (Å²) in [5.41, 5.74) is 4.86. The number of carbonyl (C=O) groups excluding carboxylic acids is 2. The molecule has 0 aromatic heterocycles. The first-order valence-corrected chi connectivity index (χ1v) is 7.52. The quantitative estimate of drug-likeness (QED) is 0.424. The number of nitrogens with two attached hydrogens (primary N) is 1. The van der Waals surface area contributed by atoms with Crippen LogP contribution >= 0.6 is 0 Å². The normalized spacial score (nSPS) is 23.0. The second-order valence-corrected chi connectivity index (χ2v) is 6.31. The molecule has 4 N–H and O–H groups in total. The molecule has 0 aromatic rings. The monoisotopic (exact) mass is 293 g/mol. The highest BCUT2D eigenvalue weighted by molar-refractivity contribution is 7.90. The summed E-state index contributed by atoms with van der Waals surface area (Å²) >= 11 is 0. The number of urea groups is 1. The van der Waals surface area contributed by atoms with Crippen LogP contribution in [0.2, 0.25) is 0 Å². The second-order valence-electron chi connectivity index (χ2n) is 4.33. The Morgan fingerprint density at radius 2 is 2.00 bits per heavy atom. The second kappa shape index (κ2) is 6.71. The molecule has 1 rings (SSSR count). The number of methoxy groups -OCH3 is 1. The summed E-state index contributed by atoms with van der Waals surface area (Å²) in [6.07, 6.45) is 1.61. The fraction of sp³-hybridized carbons (Fsp3) is 0.800. The van der Waals surface area contributed by atoms with Gasteiger partial charge in [-0.1, -0.05) is 6.42 Å². The molecule has 0 saturated heterocycles. The Balaban J connectivity index is 2.56. The molecule has 2 amide bonds. The molecule has 1 saturated carbocycles. The summed E-state index contributed by atoms with van der Waals surface area (Å²) in [5, 5.41) is 1.50. The number of esters is 1. The molecule has 2 atom stereocenters. The van der Waals surface area contributed by atoms with Crippen molar-refractivity contribution in [3.05, 3.63) is 0 Å². The molecule has 110 valence electrons. The first-order valence-electron chi connectivity index (χ1n) is 5.98. The lowest BCUT2D eigenvalue weighted by Gasteiger charge is -2.18. The summed E-state index contributed by atoms with van der Waals surface area (Å²) < 4.78 is 31.1. The third-order valence-corrected chi connectivity index (χ3v) is 5.05. The van der Waals surface area contributed by atoms with Crippen molar-refractivity contribution in [1.29, 1.82) is 0 Å². The van der Waals surface area contributed by atoms with E-state index in [-0.39, 0.29) is 13.1 Å². The molecule has 0 aromatic carbocycles. The third kappa shape index (κ3) is 4.35. The Kier molecular flexibility index (Phi) is 5.55. The molecular formula is C10H19N3O5S. The predicted octanol–water partition coefficient (Wildman–Crippen LogP) is -1.08. The van der Waals surface area contributed by atoms with Crippen LogP contribution in [0.3, 0.4) is 0 Å². The number of hydrogen-bond donors (Lipinski definition) is 3. The Bertz CT molecular complexity index is 436. The van der Waals surface area contributed by atoms with Gasteiger partial charge in [0.25, 0.3) is 0 Å². The lowest BCUT2D eigenvalue weighted by molar-refractivity contribution is -0.145. The van der Waals surface area contributed by atoms with E-state index in [0.717, 1.165) is 0 Å². The van der Waals surface area contributed by atoms with Gasteiger partial charge in [0.15, 0.2) is 0 Å². The molecular weight excluding hydrogens is 274 g/mol. The van der Waals surface area contributed by atoms with Gasteiger partial charge in [-0.3, -0.25) is 4.79 Å². The molecule has 19 heavy (non-hydrogen) atoms. The largest absolute Gasteiger partial charge is 0.469 e. The average Bonchev–Trinajstić information content (AvgIpc) is 2.83. The maximum atomic E-state index is 12.0. The van der Waals surface area contributed by atoms with Crippen molar-refractivity contribution in [2.45, 2.75) is 24.5 Å². The van der Waals surface area contributed by atoms with E-state index < -0.39 is 33.2 Å². The van der Waals surface area contributed by atoms with Crippen LogP contribution in [0.5, 0.6) is 0 Å². The minimum absolute atomic E-state index is 0.0374. The topological polar surface area (TPSA) is 128 Å². The number of carbonyl (C=O) groups is 2. The number of amides is 2. The SMILES string of the molecule is COC(=O)C1CCCC1S(=O)(=O)NCCNC(N)=O. The molecule has 1 aliphatic rings. The van der Waals surface area contributed by atoms with Crippen LogP contribution in [0, 0.1) is 5.92 Å². The van der Waals surface area contributed by atoms with Gasteiger partial charge in [0, 0.05) is 13.1 Å². The van der Waals surface area contributed by atoms with Crippen molar-refractivity contribution in [1.82, 2.24) is 10.0 Å². The molecule has 0 aliphatic heterocycles. The van der Waals surface area contributed by atoms with Crippen molar-refractivity contribution in [2.75, 3.05) is 20.2 Å². The number of sulfonamides is 1. The molecule has 0 radical (unpaired) electrons. The standard InChI is InChI=1S/C10H19N3O5S/c1-18-9(14)7-3-2-4-8(7)19(16,17)13-6-5-12-10(11)15/h7-8,13H,2-6H2,1H3,(H3,11,12,15). The first-order chi connectivity index (χ1) is 8.88. The van der Waals surface area contributed by atoms with Crippen molar-refractivity contribution in [2.24, 2.45) is 11.7 Å². The molecule has 9 heteroatoms. The maximum absolute atomic E-state index is 12.0. The lowest BCUT2D eigenvalue weighted by atomic mass is 10.1. The molecule has 1 aliphatic carbocycles. The van der Waals surface area contributed by atoms with Gasteiger partial charge in [-0.25, -0.2) is 17.9 Å². The highest BCUT2D eigenvalue weighted by atomic mass is 32.2. The highest BCUT2D eigenvalue weighted by Gasteiger charge is 2.41. The van der Waals surface area contributed by atoms with Crippen LogP contribution in [-0.2, 0) is 19.6 Å². The molecule has 1 fully saturated rings. The van der Waals surface area contributed by atoms with Crippen molar-refractivity contribution >= 4 is 22.0 Å². The van der Waals surface area contributed by atoms with E-state index in [0.29, 0.717) is 19.3 Å². The van der Waals surface area contributed by atoms with E-state index in [1.807, 2.05) is 0 Å². The predicted molar refractivity (Wildman–Crippen MR) is 67.7 cm³/mol. The average molecular weight is 293 g/mol. The number of rotatable bonds is 6. The first kappa shape index (κ1) is 15.7. The van der Waals surface area contributed by atoms with E-state index in [9.17, 15) is 18.0 Å². The Hall–Kier alpha value is -1.35. The van der Waals surface area contributed by atoms with Crippen LogP contribution in [0.25, 0.3) is 0 Å². The van der Waals surface area contributed by atoms with Crippen LogP contribution in [0.1, 0.15) is 19.3 Å². The van der Waals surface area contributed by atoms with E-state index in [4.69, 9.17) is 5.73 Å². The number of hydrogen-bond acceptors (Lipinski definition) is 5. The summed E-state index contributed by atoms with van der Waals surface area (Å²) in [4.78, 5) is 21.9. The van der Waals surface area contributed by atoms with Gasteiger partial charge < -0.3 is 15.8 Å². The summed E-state index contributed by atoms with van der Waals surface area (Å²) in [7, 11) is -2.36. The van der Waals surface area contributed by atoms with Gasteiger partial charge in [0.2, 0.25) is 10.0 Å². The van der Waals surface area contributed by atoms with Crippen molar-refractivity contribution in [3.63, 3.8) is 0 Å². The number of primary amides is 1. The fourth-order valence-corrected chi connectivity index (χ4v) is 3.96.